The van der Waals surface area contributed by atoms with Crippen molar-refractivity contribution in [1.82, 2.24) is 0 Å². The topological polar surface area (TPSA) is 127 Å². The minimum atomic E-state index is -0.883. The van der Waals surface area contributed by atoms with Gasteiger partial charge in [-0.05, 0) is 64.2 Å². The Kier molecular flexibility index (Phi) is 12.1. The Morgan fingerprint density at radius 1 is 0.767 bits per heavy atom. The highest BCUT2D eigenvalue weighted by Gasteiger charge is 2.34. The van der Waals surface area contributed by atoms with Crippen molar-refractivity contribution in [3.63, 3.8) is 0 Å². The zero-order chi connectivity index (χ0) is 22.5. The summed E-state index contributed by atoms with van der Waals surface area (Å²) in [5, 5.41) is 17.5. The van der Waals surface area contributed by atoms with E-state index >= 15 is 0 Å². The fourth-order valence-electron chi connectivity index (χ4n) is 3.80. The Labute approximate surface area is 178 Å². The smallest absolute Gasteiger partial charge is 0.309 e. The third-order valence-electron chi connectivity index (χ3n) is 5.72. The van der Waals surface area contributed by atoms with Crippen molar-refractivity contribution in [2.24, 2.45) is 11.8 Å². The summed E-state index contributed by atoms with van der Waals surface area (Å²) in [6.45, 7) is 3.74. The fourth-order valence-corrected chi connectivity index (χ4v) is 3.80. The number of aliphatic carboxylic acids is 2. The van der Waals surface area contributed by atoms with Crippen LogP contribution in [0, 0.1) is 11.8 Å². The van der Waals surface area contributed by atoms with E-state index in [0.717, 1.165) is 12.8 Å². The maximum absolute atomic E-state index is 12.6. The van der Waals surface area contributed by atoms with Crippen LogP contribution in [0.25, 0.3) is 0 Å². The van der Waals surface area contributed by atoms with E-state index in [4.69, 9.17) is 19.7 Å². The Bertz CT molecular complexity index is 523. The lowest BCUT2D eigenvalue weighted by atomic mass is 9.93. The van der Waals surface area contributed by atoms with E-state index in [1.54, 1.807) is 0 Å². The molecule has 0 radical (unpaired) electrons. The summed E-state index contributed by atoms with van der Waals surface area (Å²) in [6, 6.07) is 0. The summed E-state index contributed by atoms with van der Waals surface area (Å²) in [7, 11) is 0. The predicted octanol–water partition coefficient (Wildman–Crippen LogP) is 3.95. The van der Waals surface area contributed by atoms with Gasteiger partial charge in [-0.15, -0.1) is 0 Å². The molecule has 1 aliphatic rings. The van der Waals surface area contributed by atoms with Crippen molar-refractivity contribution in [2.45, 2.75) is 103 Å². The quantitative estimate of drug-likeness (QED) is 0.398. The van der Waals surface area contributed by atoms with Crippen molar-refractivity contribution in [3.05, 3.63) is 0 Å². The van der Waals surface area contributed by atoms with Crippen LogP contribution in [0.5, 0.6) is 0 Å². The molecule has 1 rings (SSSR count). The van der Waals surface area contributed by atoms with Crippen molar-refractivity contribution in [1.29, 1.82) is 0 Å². The maximum atomic E-state index is 12.6. The van der Waals surface area contributed by atoms with Gasteiger partial charge in [0.2, 0.25) is 0 Å². The van der Waals surface area contributed by atoms with Gasteiger partial charge in [-0.1, -0.05) is 13.8 Å². The average molecular weight is 429 g/mol. The summed E-state index contributed by atoms with van der Waals surface area (Å²) >= 11 is 0. The zero-order valence-corrected chi connectivity index (χ0v) is 18.1. The number of carboxylic acids is 2. The molecule has 0 aliphatic heterocycles. The molecule has 1 fully saturated rings. The van der Waals surface area contributed by atoms with Gasteiger partial charge >= 0.3 is 23.9 Å². The molecule has 0 amide bonds. The largest absolute Gasteiger partial charge is 0.481 e. The fraction of sp³-hybridized carbons (Fsp3) is 0.818. The molecule has 0 saturated heterocycles. The van der Waals surface area contributed by atoms with Crippen molar-refractivity contribution in [2.75, 3.05) is 0 Å². The summed E-state index contributed by atoms with van der Waals surface area (Å²) in [4.78, 5) is 46.5. The van der Waals surface area contributed by atoms with Crippen LogP contribution in [0.1, 0.15) is 90.9 Å². The lowest BCUT2D eigenvalue weighted by Gasteiger charge is -2.32. The van der Waals surface area contributed by atoms with Gasteiger partial charge in [0.1, 0.15) is 12.2 Å². The van der Waals surface area contributed by atoms with E-state index in [1.165, 1.54) is 0 Å². The molecule has 8 heteroatoms. The molecule has 0 spiro atoms. The van der Waals surface area contributed by atoms with E-state index in [1.807, 2.05) is 13.8 Å². The minimum absolute atomic E-state index is 0.0216. The Morgan fingerprint density at radius 2 is 1.13 bits per heavy atom. The standard InChI is InChI=1S/C22H36O8/c1-3-15(9-7-13-19(23)24)21(27)29-17-11-5-6-12-18(17)30-22(28)16(4-2)10-8-14-20(25)26/h15-18H,3-14H2,1-2H3,(H,23,24)(H,25,26). The summed E-state index contributed by atoms with van der Waals surface area (Å²) in [5.41, 5.74) is 0. The van der Waals surface area contributed by atoms with Gasteiger partial charge in [0.05, 0.1) is 11.8 Å². The first-order chi connectivity index (χ1) is 14.3. The van der Waals surface area contributed by atoms with Crippen LogP contribution in [0.4, 0.5) is 0 Å². The van der Waals surface area contributed by atoms with E-state index in [-0.39, 0.29) is 36.6 Å². The number of hydrogen-bond acceptors (Lipinski definition) is 6. The van der Waals surface area contributed by atoms with Crippen LogP contribution in [0.2, 0.25) is 0 Å². The molecule has 172 valence electrons. The second-order valence-electron chi connectivity index (χ2n) is 8.02. The van der Waals surface area contributed by atoms with Gasteiger partial charge in [0.25, 0.3) is 0 Å². The number of ether oxygens (including phenoxy) is 2. The summed E-state index contributed by atoms with van der Waals surface area (Å²) in [5.74, 6) is -3.20. The summed E-state index contributed by atoms with van der Waals surface area (Å²) < 4.78 is 11.4. The lowest BCUT2D eigenvalue weighted by molar-refractivity contribution is -0.177. The first kappa shape index (κ1) is 25.9. The molecule has 4 unspecified atom stereocenters. The van der Waals surface area contributed by atoms with Gasteiger partial charge < -0.3 is 19.7 Å². The zero-order valence-electron chi connectivity index (χ0n) is 18.1. The van der Waals surface area contributed by atoms with Crippen molar-refractivity contribution in [3.8, 4) is 0 Å². The molecule has 0 aromatic carbocycles. The first-order valence-electron chi connectivity index (χ1n) is 11.1. The highest BCUT2D eigenvalue weighted by molar-refractivity contribution is 5.74. The van der Waals surface area contributed by atoms with Gasteiger partial charge in [-0.2, -0.15) is 0 Å². The number of carbonyl (C=O) groups is 4. The van der Waals surface area contributed by atoms with Crippen LogP contribution >= 0.6 is 0 Å². The first-order valence-corrected chi connectivity index (χ1v) is 11.1. The second kappa shape index (κ2) is 14.0. The highest BCUT2D eigenvalue weighted by atomic mass is 16.6. The number of esters is 2. The van der Waals surface area contributed by atoms with Crippen molar-refractivity contribution < 1.29 is 38.9 Å². The summed E-state index contributed by atoms with van der Waals surface area (Å²) in [6.07, 6.45) is 4.99. The molecule has 30 heavy (non-hydrogen) atoms. The Hall–Kier alpha value is -2.12. The van der Waals surface area contributed by atoms with Gasteiger partial charge in [0, 0.05) is 12.8 Å². The average Bonchev–Trinajstić information content (AvgIpc) is 2.69. The highest BCUT2D eigenvalue weighted by Crippen LogP contribution is 2.28. The van der Waals surface area contributed by atoms with E-state index in [9.17, 15) is 19.2 Å². The maximum Gasteiger partial charge on any atom is 0.309 e. The minimum Gasteiger partial charge on any atom is -0.481 e. The third kappa shape index (κ3) is 9.59. The Balaban J connectivity index is 2.61. The molecule has 4 atom stereocenters. The molecule has 8 nitrogen and oxygen atoms in total. The van der Waals surface area contributed by atoms with E-state index in [0.29, 0.717) is 51.4 Å². The molecule has 1 aliphatic carbocycles. The molecule has 0 bridgehead atoms. The van der Waals surface area contributed by atoms with Gasteiger partial charge in [-0.3, -0.25) is 19.2 Å². The SMILES string of the molecule is CCC(CCCC(=O)O)C(=O)OC1CCCCC1OC(=O)C(CC)CCCC(=O)O. The molecule has 0 aromatic rings. The molecule has 2 N–H and O–H groups in total. The van der Waals surface area contributed by atoms with E-state index < -0.39 is 24.1 Å². The van der Waals surface area contributed by atoms with Crippen LogP contribution < -0.4 is 0 Å². The van der Waals surface area contributed by atoms with Crippen molar-refractivity contribution >= 4 is 23.9 Å². The number of hydrogen-bond donors (Lipinski definition) is 2. The molecule has 1 saturated carbocycles. The number of rotatable bonds is 14. The van der Waals surface area contributed by atoms with Gasteiger partial charge in [-0.25, -0.2) is 0 Å². The molecular formula is C22H36O8. The Morgan fingerprint density at radius 3 is 1.43 bits per heavy atom. The lowest BCUT2D eigenvalue weighted by Crippen LogP contribution is -2.40. The number of carbonyl (C=O) groups excluding carboxylic acids is 2. The monoisotopic (exact) mass is 428 g/mol. The van der Waals surface area contributed by atoms with Crippen LogP contribution in [0.15, 0.2) is 0 Å². The van der Waals surface area contributed by atoms with Gasteiger partial charge in [0.15, 0.2) is 0 Å². The molecular weight excluding hydrogens is 392 g/mol. The van der Waals surface area contributed by atoms with Crippen LogP contribution in [-0.4, -0.2) is 46.3 Å². The molecule has 0 heterocycles. The van der Waals surface area contributed by atoms with Crippen LogP contribution in [-0.2, 0) is 28.7 Å². The number of carboxylic acid groups (broad SMARTS) is 2. The van der Waals surface area contributed by atoms with Crippen LogP contribution in [0.3, 0.4) is 0 Å². The normalized spacial score (nSPS) is 20.7. The predicted molar refractivity (Wildman–Crippen MR) is 109 cm³/mol. The second-order valence-corrected chi connectivity index (χ2v) is 8.02. The third-order valence-corrected chi connectivity index (χ3v) is 5.72. The molecule has 0 aromatic heterocycles. The van der Waals surface area contributed by atoms with E-state index in [2.05, 4.69) is 0 Å².